The topological polar surface area (TPSA) is 117 Å². The molecule has 7 rings (SSSR count). The van der Waals surface area contributed by atoms with Crippen molar-refractivity contribution >= 4 is 27.1 Å². The Labute approximate surface area is 276 Å². The lowest BCUT2D eigenvalue weighted by Crippen LogP contribution is -2.54. The Balaban J connectivity index is 1.43. The lowest BCUT2D eigenvalue weighted by atomic mass is 9.65. The molecule has 0 radical (unpaired) electrons. The van der Waals surface area contributed by atoms with Gasteiger partial charge in [0.1, 0.15) is 4.21 Å². The van der Waals surface area contributed by atoms with Crippen LogP contribution in [0.1, 0.15) is 98.4 Å². The van der Waals surface area contributed by atoms with E-state index in [9.17, 15) is 23.4 Å². The number of thiophene rings is 1. The number of furan rings is 1. The van der Waals surface area contributed by atoms with Gasteiger partial charge >= 0.3 is 0 Å². The van der Waals surface area contributed by atoms with E-state index < -0.39 is 27.1 Å². The van der Waals surface area contributed by atoms with Crippen LogP contribution < -0.4 is 0 Å². The van der Waals surface area contributed by atoms with Crippen molar-refractivity contribution in [2.75, 3.05) is 19.7 Å². The number of allylic oxidation sites excluding steroid dienone is 2. The highest BCUT2D eigenvalue weighted by molar-refractivity contribution is 7.91. The van der Waals surface area contributed by atoms with Crippen LogP contribution in [0.15, 0.2) is 74.4 Å². The summed E-state index contributed by atoms with van der Waals surface area (Å²) in [5.74, 6) is -0.230. The molecule has 1 saturated carbocycles. The average Bonchev–Trinajstić information content (AvgIpc) is 3.85. The number of ether oxygens (including phenoxy) is 1. The predicted molar refractivity (Wildman–Crippen MR) is 178 cm³/mol. The Morgan fingerprint density at radius 1 is 1.13 bits per heavy atom. The van der Waals surface area contributed by atoms with E-state index in [-0.39, 0.29) is 40.9 Å². The molecule has 3 aromatic rings. The lowest BCUT2D eigenvalue weighted by Gasteiger charge is -2.46. The fourth-order valence-corrected chi connectivity index (χ4v) is 10.5. The van der Waals surface area contributed by atoms with E-state index in [0.29, 0.717) is 50.7 Å². The maximum atomic E-state index is 14.1. The predicted octanol–water partition coefficient (Wildman–Crippen LogP) is 6.48. The summed E-state index contributed by atoms with van der Waals surface area (Å²) < 4.78 is 41.3. The number of rotatable bonds is 8. The third-order valence-electron chi connectivity index (χ3n) is 10.6. The number of carbonyl (C=O) groups excluding carboxylic acids is 1. The van der Waals surface area contributed by atoms with Crippen LogP contribution in [0.5, 0.6) is 0 Å². The molecular formula is C36H45NO7S2. The van der Waals surface area contributed by atoms with Crippen molar-refractivity contribution in [3.05, 3.63) is 88.2 Å². The maximum Gasteiger partial charge on any atom is 0.252 e. The summed E-state index contributed by atoms with van der Waals surface area (Å²) in [6.07, 6.45) is 8.59. The molecule has 0 amide bonds. The molecule has 2 aromatic heterocycles. The Morgan fingerprint density at radius 2 is 1.98 bits per heavy atom. The number of aliphatic hydroxyl groups is 2. The molecule has 10 heteroatoms. The van der Waals surface area contributed by atoms with E-state index in [2.05, 4.69) is 19.9 Å². The first-order chi connectivity index (χ1) is 22.0. The van der Waals surface area contributed by atoms with Gasteiger partial charge in [-0.1, -0.05) is 36.8 Å². The zero-order valence-corrected chi connectivity index (χ0v) is 28.3. The van der Waals surface area contributed by atoms with Crippen molar-refractivity contribution in [1.29, 1.82) is 0 Å². The molecule has 5 atom stereocenters. The van der Waals surface area contributed by atoms with E-state index in [0.717, 1.165) is 30.4 Å². The van der Waals surface area contributed by atoms with Gasteiger partial charge in [0.25, 0.3) is 10.0 Å². The van der Waals surface area contributed by atoms with Crippen molar-refractivity contribution in [1.82, 2.24) is 4.31 Å². The minimum atomic E-state index is -3.89. The van der Waals surface area contributed by atoms with E-state index in [1.807, 2.05) is 18.2 Å². The van der Waals surface area contributed by atoms with Crippen molar-refractivity contribution in [3.63, 3.8) is 0 Å². The van der Waals surface area contributed by atoms with Gasteiger partial charge in [-0.3, -0.25) is 4.79 Å². The second-order valence-corrected chi connectivity index (χ2v) is 16.7. The SMILES string of the molecule is CC1=CCCC2(C)C(CCC2(O)CN(CC2CCCO2)S(=O)(=O)c2cccs2)c2ccc(cc2C(=O)c2ccco2)CC(O)CC1. The zero-order valence-electron chi connectivity index (χ0n) is 26.7. The van der Waals surface area contributed by atoms with E-state index in [1.54, 1.807) is 29.6 Å². The summed E-state index contributed by atoms with van der Waals surface area (Å²) in [4.78, 5) is 13.9. The normalized spacial score (nSPS) is 29.1. The summed E-state index contributed by atoms with van der Waals surface area (Å²) in [5.41, 5.74) is 1.23. The summed E-state index contributed by atoms with van der Waals surface area (Å²) in [6.45, 7) is 4.87. The standard InChI is InChI=1S/C36H45NO7S2/c1-25-7-3-16-35(2)31(29-14-12-26(21-27(38)13-11-25)22-30(29)34(39)32-9-5-19-44-32)15-17-36(35,40)24-37(23-28-8-4-18-43-28)46(41,42)33-10-6-20-45-33/h5-7,9-10,12,14,19-20,22,27-28,31,38,40H,3-4,8,11,13,15-18,21,23-24H2,1-2H3. The molecule has 1 aliphatic heterocycles. The molecule has 1 saturated heterocycles. The van der Waals surface area contributed by atoms with Crippen LogP contribution in [0, 0.1) is 5.41 Å². The third-order valence-corrected chi connectivity index (χ3v) is 13.8. The first-order valence-electron chi connectivity index (χ1n) is 16.4. The van der Waals surface area contributed by atoms with E-state index in [4.69, 9.17) is 9.15 Å². The quantitative estimate of drug-likeness (QED) is 0.209. The maximum absolute atomic E-state index is 14.1. The van der Waals surface area contributed by atoms with Crippen LogP contribution in [0.4, 0.5) is 0 Å². The monoisotopic (exact) mass is 667 g/mol. The molecule has 3 heterocycles. The molecule has 2 bridgehead atoms. The van der Waals surface area contributed by atoms with Crippen molar-refractivity contribution in [2.24, 2.45) is 5.41 Å². The fraction of sp³-hybridized carbons (Fsp3) is 0.528. The number of hydrogen-bond donors (Lipinski definition) is 2. The molecule has 248 valence electrons. The van der Waals surface area contributed by atoms with Gasteiger partial charge in [-0.2, -0.15) is 4.31 Å². The molecule has 8 nitrogen and oxygen atoms in total. The first-order valence-corrected chi connectivity index (χ1v) is 18.7. The third kappa shape index (κ3) is 6.57. The molecule has 5 unspecified atom stereocenters. The number of fused-ring (bicyclic) bond motifs is 8. The van der Waals surface area contributed by atoms with Gasteiger partial charge in [-0.05, 0) is 111 Å². The number of ketones is 1. The summed E-state index contributed by atoms with van der Waals surface area (Å²) in [6, 6.07) is 12.5. The van der Waals surface area contributed by atoms with Crippen molar-refractivity contribution in [3.8, 4) is 0 Å². The van der Waals surface area contributed by atoms with Gasteiger partial charge in [-0.15, -0.1) is 11.3 Å². The molecular weight excluding hydrogens is 623 g/mol. The summed E-state index contributed by atoms with van der Waals surface area (Å²) in [5, 5.41) is 25.4. The molecule has 2 N–H and O–H groups in total. The Hall–Kier alpha value is -2.60. The average molecular weight is 668 g/mol. The number of carbonyl (C=O) groups is 1. The molecule has 46 heavy (non-hydrogen) atoms. The highest BCUT2D eigenvalue weighted by Crippen LogP contribution is 2.59. The molecule has 2 fully saturated rings. The summed E-state index contributed by atoms with van der Waals surface area (Å²) in [7, 11) is -3.89. The number of hydrogen-bond acceptors (Lipinski definition) is 8. The van der Waals surface area contributed by atoms with Crippen molar-refractivity contribution < 1.29 is 32.6 Å². The minimum absolute atomic E-state index is 0.0610. The first kappa shape index (κ1) is 33.3. The van der Waals surface area contributed by atoms with Gasteiger partial charge < -0.3 is 19.4 Å². The second-order valence-electron chi connectivity index (χ2n) is 13.6. The zero-order chi connectivity index (χ0) is 32.5. The number of sulfonamides is 1. The van der Waals surface area contributed by atoms with Gasteiger partial charge in [0.2, 0.25) is 5.78 Å². The molecule has 0 spiro atoms. The van der Waals surface area contributed by atoms with Crippen LogP contribution >= 0.6 is 11.3 Å². The number of benzene rings is 1. The van der Waals surface area contributed by atoms with Crippen LogP contribution in [-0.2, 0) is 21.2 Å². The molecule has 3 aliphatic carbocycles. The van der Waals surface area contributed by atoms with Crippen LogP contribution in [0.25, 0.3) is 0 Å². The molecule has 4 aliphatic rings. The van der Waals surface area contributed by atoms with Gasteiger partial charge in [0, 0.05) is 30.7 Å². The van der Waals surface area contributed by atoms with E-state index >= 15 is 0 Å². The lowest BCUT2D eigenvalue weighted by molar-refractivity contribution is -0.0754. The number of aliphatic hydroxyl groups excluding tert-OH is 1. The highest BCUT2D eigenvalue weighted by atomic mass is 32.2. The van der Waals surface area contributed by atoms with Gasteiger partial charge in [0.15, 0.2) is 5.76 Å². The molecule has 1 aromatic carbocycles. The number of nitrogens with zero attached hydrogens (tertiary/aromatic N) is 1. The Bertz CT molecular complexity index is 1640. The highest BCUT2D eigenvalue weighted by Gasteiger charge is 2.58. The minimum Gasteiger partial charge on any atom is -0.461 e. The largest absolute Gasteiger partial charge is 0.461 e. The Kier molecular flexibility index (Phi) is 9.77. The van der Waals surface area contributed by atoms with Crippen LogP contribution in [0.2, 0.25) is 0 Å². The van der Waals surface area contributed by atoms with Gasteiger partial charge in [0.05, 0.1) is 24.1 Å². The van der Waals surface area contributed by atoms with Crippen LogP contribution in [0.3, 0.4) is 0 Å². The van der Waals surface area contributed by atoms with Crippen LogP contribution in [-0.4, -0.2) is 66.2 Å². The second kappa shape index (κ2) is 13.5. The van der Waals surface area contributed by atoms with E-state index in [1.165, 1.54) is 27.5 Å². The van der Waals surface area contributed by atoms with Gasteiger partial charge in [-0.25, -0.2) is 8.42 Å². The fourth-order valence-electron chi connectivity index (χ4n) is 7.83. The summed E-state index contributed by atoms with van der Waals surface area (Å²) >= 11 is 1.18. The Morgan fingerprint density at radius 3 is 2.70 bits per heavy atom. The smallest absolute Gasteiger partial charge is 0.252 e. The van der Waals surface area contributed by atoms with Crippen molar-refractivity contribution in [2.45, 2.75) is 99.6 Å².